The summed E-state index contributed by atoms with van der Waals surface area (Å²) in [6, 6.07) is 6.39. The molecule has 0 fully saturated rings. The first-order valence-electron chi connectivity index (χ1n) is 6.62. The number of nitrogens with one attached hydrogen (secondary N) is 1. The molecular formula is C14H16FN5. The van der Waals surface area contributed by atoms with Crippen molar-refractivity contribution >= 4 is 16.9 Å². The summed E-state index contributed by atoms with van der Waals surface area (Å²) in [7, 11) is 0. The van der Waals surface area contributed by atoms with Crippen molar-refractivity contribution in [2.75, 3.05) is 5.73 Å². The third-order valence-corrected chi connectivity index (χ3v) is 3.28. The monoisotopic (exact) mass is 273 g/mol. The normalized spacial score (nSPS) is 11.3. The number of anilines is 1. The van der Waals surface area contributed by atoms with E-state index in [1.165, 1.54) is 12.1 Å². The number of nitrogen functional groups attached to an aromatic ring is 1. The van der Waals surface area contributed by atoms with Gasteiger partial charge in [0.2, 0.25) is 0 Å². The van der Waals surface area contributed by atoms with Gasteiger partial charge in [0.05, 0.1) is 17.6 Å². The molecule has 0 amide bonds. The molecule has 6 heteroatoms. The third-order valence-electron chi connectivity index (χ3n) is 3.28. The maximum absolute atomic E-state index is 12.9. The Morgan fingerprint density at radius 3 is 2.75 bits per heavy atom. The molecule has 104 valence electrons. The van der Waals surface area contributed by atoms with E-state index in [9.17, 15) is 4.39 Å². The van der Waals surface area contributed by atoms with E-state index < -0.39 is 0 Å². The van der Waals surface area contributed by atoms with Crippen LogP contribution in [-0.4, -0.2) is 20.0 Å². The van der Waals surface area contributed by atoms with Crippen molar-refractivity contribution in [3.05, 3.63) is 41.3 Å². The lowest BCUT2D eigenvalue weighted by Gasteiger charge is -2.02. The van der Waals surface area contributed by atoms with E-state index in [4.69, 9.17) is 5.73 Å². The van der Waals surface area contributed by atoms with E-state index in [-0.39, 0.29) is 5.82 Å². The predicted octanol–water partition coefficient (Wildman–Crippen LogP) is 2.48. The Labute approximate surface area is 115 Å². The summed E-state index contributed by atoms with van der Waals surface area (Å²) in [5.74, 6) is 0.309. The van der Waals surface area contributed by atoms with E-state index in [0.29, 0.717) is 12.4 Å². The zero-order valence-corrected chi connectivity index (χ0v) is 11.2. The van der Waals surface area contributed by atoms with Crippen LogP contribution in [0.3, 0.4) is 0 Å². The number of H-pyrrole nitrogens is 1. The van der Waals surface area contributed by atoms with Gasteiger partial charge in [-0.15, -0.1) is 0 Å². The fourth-order valence-corrected chi connectivity index (χ4v) is 2.34. The van der Waals surface area contributed by atoms with Gasteiger partial charge in [0.15, 0.2) is 5.65 Å². The lowest BCUT2D eigenvalue weighted by molar-refractivity contribution is 0.624. The van der Waals surface area contributed by atoms with Crippen LogP contribution in [0.1, 0.15) is 24.6 Å². The van der Waals surface area contributed by atoms with Crippen molar-refractivity contribution < 1.29 is 4.39 Å². The van der Waals surface area contributed by atoms with Crippen molar-refractivity contribution in [2.45, 2.75) is 26.3 Å². The van der Waals surface area contributed by atoms with Crippen molar-refractivity contribution in [3.8, 4) is 0 Å². The summed E-state index contributed by atoms with van der Waals surface area (Å²) in [5.41, 5.74) is 8.59. The number of rotatable bonds is 4. The van der Waals surface area contributed by atoms with Crippen LogP contribution in [-0.2, 0) is 13.0 Å². The number of aryl methyl sites for hydroxylation is 1. The predicted molar refractivity (Wildman–Crippen MR) is 75.8 cm³/mol. The second-order valence-electron chi connectivity index (χ2n) is 4.82. The molecule has 20 heavy (non-hydrogen) atoms. The van der Waals surface area contributed by atoms with Gasteiger partial charge in [-0.2, -0.15) is 10.2 Å². The van der Waals surface area contributed by atoms with Gasteiger partial charge in [0.25, 0.3) is 0 Å². The van der Waals surface area contributed by atoms with E-state index in [2.05, 4.69) is 22.2 Å². The highest BCUT2D eigenvalue weighted by Gasteiger charge is 2.16. The molecule has 3 aromatic rings. The zero-order chi connectivity index (χ0) is 14.1. The van der Waals surface area contributed by atoms with Crippen molar-refractivity contribution in [3.63, 3.8) is 0 Å². The van der Waals surface area contributed by atoms with Crippen LogP contribution in [0.15, 0.2) is 24.3 Å². The van der Waals surface area contributed by atoms with E-state index in [0.717, 1.165) is 35.1 Å². The lowest BCUT2D eigenvalue weighted by atomic mass is 10.2. The van der Waals surface area contributed by atoms with Gasteiger partial charge in [-0.25, -0.2) is 9.07 Å². The Balaban J connectivity index is 2.01. The summed E-state index contributed by atoms with van der Waals surface area (Å²) < 4.78 is 14.7. The van der Waals surface area contributed by atoms with Gasteiger partial charge in [-0.05, 0) is 24.1 Å². The summed E-state index contributed by atoms with van der Waals surface area (Å²) >= 11 is 0. The number of fused-ring (bicyclic) bond motifs is 1. The minimum absolute atomic E-state index is 0.241. The minimum Gasteiger partial charge on any atom is -0.383 e. The highest BCUT2D eigenvalue weighted by molar-refractivity contribution is 5.89. The van der Waals surface area contributed by atoms with Gasteiger partial charge in [-0.3, -0.25) is 5.10 Å². The molecule has 0 radical (unpaired) electrons. The number of nitrogens with zero attached hydrogens (tertiary/aromatic N) is 3. The second-order valence-corrected chi connectivity index (χ2v) is 4.82. The molecule has 3 rings (SSSR count). The molecule has 0 unspecified atom stereocenters. The summed E-state index contributed by atoms with van der Waals surface area (Å²) in [4.78, 5) is 0. The van der Waals surface area contributed by atoms with Gasteiger partial charge in [-0.1, -0.05) is 25.5 Å². The Hall–Kier alpha value is -2.37. The van der Waals surface area contributed by atoms with Crippen molar-refractivity contribution in [1.29, 1.82) is 0 Å². The number of aromatic nitrogens is 4. The van der Waals surface area contributed by atoms with Crippen LogP contribution in [0, 0.1) is 5.82 Å². The second kappa shape index (κ2) is 4.96. The molecule has 0 atom stereocenters. The molecule has 5 nitrogen and oxygen atoms in total. The maximum atomic E-state index is 12.9. The van der Waals surface area contributed by atoms with E-state index in [1.54, 1.807) is 16.8 Å². The Morgan fingerprint density at radius 1 is 1.30 bits per heavy atom. The Morgan fingerprint density at radius 2 is 2.05 bits per heavy atom. The highest BCUT2D eigenvalue weighted by atomic mass is 19.1. The fourth-order valence-electron chi connectivity index (χ4n) is 2.34. The molecule has 0 aliphatic rings. The van der Waals surface area contributed by atoms with Crippen LogP contribution in [0.2, 0.25) is 0 Å². The molecule has 0 aliphatic heterocycles. The molecule has 1 aromatic carbocycles. The minimum atomic E-state index is -0.241. The van der Waals surface area contributed by atoms with Crippen LogP contribution in [0.4, 0.5) is 10.2 Å². The SMILES string of the molecule is CCCc1nn(Cc2ccc(F)cc2)c2n[nH]c(N)c12. The van der Waals surface area contributed by atoms with Crippen LogP contribution >= 0.6 is 0 Å². The van der Waals surface area contributed by atoms with Gasteiger partial charge >= 0.3 is 0 Å². The average Bonchev–Trinajstić information content (AvgIpc) is 2.96. The molecule has 0 aliphatic carbocycles. The largest absolute Gasteiger partial charge is 0.383 e. The number of hydrogen-bond donors (Lipinski definition) is 2. The third kappa shape index (κ3) is 2.13. The molecule has 0 saturated heterocycles. The van der Waals surface area contributed by atoms with Crippen molar-refractivity contribution in [1.82, 2.24) is 20.0 Å². The topological polar surface area (TPSA) is 72.5 Å². The first kappa shape index (κ1) is 12.7. The number of aromatic amines is 1. The van der Waals surface area contributed by atoms with Gasteiger partial charge < -0.3 is 5.73 Å². The van der Waals surface area contributed by atoms with Crippen LogP contribution < -0.4 is 5.73 Å². The Bertz CT molecular complexity index is 726. The summed E-state index contributed by atoms with van der Waals surface area (Å²) in [6.45, 7) is 2.64. The molecule has 0 bridgehead atoms. The number of nitrogens with two attached hydrogens (primary N) is 1. The summed E-state index contributed by atoms with van der Waals surface area (Å²) in [5, 5.41) is 12.5. The van der Waals surface area contributed by atoms with Crippen molar-refractivity contribution in [2.24, 2.45) is 0 Å². The number of halogens is 1. The lowest BCUT2D eigenvalue weighted by Crippen LogP contribution is -2.03. The van der Waals surface area contributed by atoms with Crippen LogP contribution in [0.5, 0.6) is 0 Å². The molecule has 2 aromatic heterocycles. The maximum Gasteiger partial charge on any atom is 0.182 e. The summed E-state index contributed by atoms with van der Waals surface area (Å²) in [6.07, 6.45) is 1.85. The first-order valence-corrected chi connectivity index (χ1v) is 6.62. The number of hydrogen-bond acceptors (Lipinski definition) is 3. The molecule has 2 heterocycles. The quantitative estimate of drug-likeness (QED) is 0.767. The Kier molecular flexibility index (Phi) is 3.14. The van der Waals surface area contributed by atoms with Gasteiger partial charge in [0, 0.05) is 0 Å². The highest BCUT2D eigenvalue weighted by Crippen LogP contribution is 2.24. The van der Waals surface area contributed by atoms with E-state index >= 15 is 0 Å². The average molecular weight is 273 g/mol. The molecule has 3 N–H and O–H groups in total. The molecular weight excluding hydrogens is 257 g/mol. The van der Waals surface area contributed by atoms with E-state index in [1.807, 2.05) is 0 Å². The van der Waals surface area contributed by atoms with Crippen LogP contribution in [0.25, 0.3) is 11.0 Å². The fraction of sp³-hybridized carbons (Fsp3) is 0.286. The molecule has 0 spiro atoms. The molecule has 0 saturated carbocycles. The smallest absolute Gasteiger partial charge is 0.182 e. The zero-order valence-electron chi connectivity index (χ0n) is 11.2. The number of benzene rings is 1. The van der Waals surface area contributed by atoms with Gasteiger partial charge in [0.1, 0.15) is 11.6 Å². The first-order chi connectivity index (χ1) is 9.69. The standard InChI is InChI=1S/C14H16FN5/c1-2-3-11-12-13(16)17-18-14(12)20(19-11)8-9-4-6-10(15)7-5-9/h4-7H,2-3,8H2,1H3,(H3,16,17,18).